The Hall–Kier alpha value is -3.60. The first-order chi connectivity index (χ1) is 14.4. The van der Waals surface area contributed by atoms with Gasteiger partial charge in [-0.2, -0.15) is 5.10 Å². The smallest absolute Gasteiger partial charge is 0.280 e. The van der Waals surface area contributed by atoms with Crippen molar-refractivity contribution in [3.05, 3.63) is 53.0 Å². The van der Waals surface area contributed by atoms with E-state index >= 15 is 0 Å². The number of aromatic nitrogens is 3. The number of nitrogens with two attached hydrogens (primary N) is 1. The fourth-order valence-corrected chi connectivity index (χ4v) is 4.12. The molecule has 0 aromatic carbocycles. The number of hydrogen-bond acceptors (Lipinski definition) is 6. The third-order valence-electron chi connectivity index (χ3n) is 4.40. The van der Waals surface area contributed by atoms with Gasteiger partial charge in [-0.15, -0.1) is 11.3 Å². The molecule has 0 aliphatic heterocycles. The first kappa shape index (κ1) is 19.7. The normalized spacial score (nSPS) is 11.3. The molecule has 0 saturated heterocycles. The van der Waals surface area contributed by atoms with E-state index in [0.717, 1.165) is 11.3 Å². The molecule has 4 aromatic rings. The summed E-state index contributed by atoms with van der Waals surface area (Å²) in [6.45, 7) is 2.28. The van der Waals surface area contributed by atoms with Gasteiger partial charge in [0.05, 0.1) is 12.0 Å². The van der Waals surface area contributed by atoms with Crippen molar-refractivity contribution in [2.75, 3.05) is 5.32 Å². The number of fused-ring (bicyclic) bond motifs is 1. The van der Waals surface area contributed by atoms with Crippen LogP contribution in [0.2, 0.25) is 0 Å². The number of aryl methyl sites for hydroxylation is 1. The highest BCUT2D eigenvalue weighted by Gasteiger charge is 2.26. The van der Waals surface area contributed by atoms with E-state index in [4.69, 9.17) is 10.2 Å². The van der Waals surface area contributed by atoms with E-state index in [2.05, 4.69) is 15.4 Å². The van der Waals surface area contributed by atoms with E-state index in [-0.39, 0.29) is 32.4 Å². The molecule has 4 rings (SSSR count). The molecular weight excluding hydrogens is 416 g/mol. The second kappa shape index (κ2) is 7.67. The minimum absolute atomic E-state index is 0.00682. The third-order valence-corrected chi connectivity index (χ3v) is 5.50. The largest absolute Gasteiger partial charge is 0.464 e. The Balaban J connectivity index is 1.94. The zero-order valence-electron chi connectivity index (χ0n) is 15.6. The van der Waals surface area contributed by atoms with Crippen LogP contribution in [0.5, 0.6) is 0 Å². The number of halogens is 2. The molecule has 4 heterocycles. The number of carbonyl (C=O) groups excluding carboxylic acids is 2. The first-order valence-corrected chi connectivity index (χ1v) is 9.64. The number of rotatable bonds is 6. The number of primary amides is 1. The molecule has 2 amide bonds. The van der Waals surface area contributed by atoms with Crippen LogP contribution >= 0.6 is 11.3 Å². The standard InChI is InChI=1S/C19H15F2N5O3S/c1-2-26-11(5-6-23-26)18(28)25-14-13-9(12-4-3-7-29-12)8-10(16(20)21)24-19(13)30-15(14)17(22)27/h3-8,16H,2H2,1H3,(H2,22,27)(H,25,28). The van der Waals surface area contributed by atoms with Gasteiger partial charge in [-0.3, -0.25) is 14.3 Å². The minimum atomic E-state index is -2.83. The summed E-state index contributed by atoms with van der Waals surface area (Å²) < 4.78 is 33.7. The molecule has 0 unspecified atom stereocenters. The van der Waals surface area contributed by atoms with Crippen LogP contribution in [-0.2, 0) is 6.54 Å². The average Bonchev–Trinajstić information content (AvgIpc) is 3.46. The summed E-state index contributed by atoms with van der Waals surface area (Å²) in [4.78, 5) is 29.0. The average molecular weight is 431 g/mol. The van der Waals surface area contributed by atoms with Gasteiger partial charge in [-0.05, 0) is 31.2 Å². The molecule has 0 radical (unpaired) electrons. The number of nitrogens with one attached hydrogen (secondary N) is 1. The van der Waals surface area contributed by atoms with Crippen molar-refractivity contribution in [2.24, 2.45) is 5.73 Å². The molecule has 0 fully saturated rings. The SMILES string of the molecule is CCn1nccc1C(=O)Nc1c(C(N)=O)sc2nc(C(F)F)cc(-c3ccco3)c12. The van der Waals surface area contributed by atoms with Crippen LogP contribution < -0.4 is 11.1 Å². The van der Waals surface area contributed by atoms with Gasteiger partial charge in [-0.1, -0.05) is 0 Å². The number of hydrogen-bond donors (Lipinski definition) is 2. The number of pyridine rings is 1. The number of alkyl halides is 2. The van der Waals surface area contributed by atoms with E-state index in [1.54, 1.807) is 12.1 Å². The van der Waals surface area contributed by atoms with Crippen LogP contribution in [0.3, 0.4) is 0 Å². The quantitative estimate of drug-likeness (QED) is 0.478. The van der Waals surface area contributed by atoms with Crippen LogP contribution in [0.15, 0.2) is 41.1 Å². The maximum Gasteiger partial charge on any atom is 0.280 e. The lowest BCUT2D eigenvalue weighted by Crippen LogP contribution is -2.19. The highest BCUT2D eigenvalue weighted by Crippen LogP contribution is 2.42. The van der Waals surface area contributed by atoms with E-state index < -0.39 is 23.9 Å². The first-order valence-electron chi connectivity index (χ1n) is 8.83. The van der Waals surface area contributed by atoms with Gasteiger partial charge >= 0.3 is 0 Å². The lowest BCUT2D eigenvalue weighted by Gasteiger charge is -2.10. The Morgan fingerprint density at radius 1 is 1.37 bits per heavy atom. The molecule has 8 nitrogen and oxygen atoms in total. The maximum absolute atomic E-state index is 13.4. The molecule has 0 bridgehead atoms. The van der Waals surface area contributed by atoms with Crippen molar-refractivity contribution in [3.8, 4) is 11.3 Å². The van der Waals surface area contributed by atoms with Crippen molar-refractivity contribution in [1.82, 2.24) is 14.8 Å². The van der Waals surface area contributed by atoms with E-state index in [1.807, 2.05) is 6.92 Å². The molecule has 0 atom stereocenters. The van der Waals surface area contributed by atoms with Crippen molar-refractivity contribution in [2.45, 2.75) is 19.9 Å². The van der Waals surface area contributed by atoms with Gasteiger partial charge in [-0.25, -0.2) is 13.8 Å². The Bertz CT molecular complexity index is 1250. The summed E-state index contributed by atoms with van der Waals surface area (Å²) in [6, 6.07) is 5.89. The van der Waals surface area contributed by atoms with Crippen molar-refractivity contribution >= 4 is 39.1 Å². The number of furan rings is 1. The van der Waals surface area contributed by atoms with E-state index in [1.165, 1.54) is 29.3 Å². The maximum atomic E-state index is 13.4. The number of carbonyl (C=O) groups is 2. The number of nitrogens with zero attached hydrogens (tertiary/aromatic N) is 3. The summed E-state index contributed by atoms with van der Waals surface area (Å²) in [5.41, 5.74) is 5.65. The zero-order chi connectivity index (χ0) is 21.4. The Labute approximate surface area is 172 Å². The van der Waals surface area contributed by atoms with Crippen LogP contribution in [-0.4, -0.2) is 26.6 Å². The topological polar surface area (TPSA) is 116 Å². The third kappa shape index (κ3) is 3.32. The summed E-state index contributed by atoms with van der Waals surface area (Å²) in [5, 5.41) is 7.03. The predicted octanol–water partition coefficient (Wildman–Crippen LogP) is 4.06. The van der Waals surface area contributed by atoms with Crippen LogP contribution in [0, 0.1) is 0 Å². The molecule has 30 heavy (non-hydrogen) atoms. The minimum Gasteiger partial charge on any atom is -0.464 e. The highest BCUT2D eigenvalue weighted by atomic mass is 32.1. The summed E-state index contributed by atoms with van der Waals surface area (Å²) >= 11 is 0.826. The Morgan fingerprint density at radius 2 is 2.17 bits per heavy atom. The van der Waals surface area contributed by atoms with E-state index in [0.29, 0.717) is 11.9 Å². The van der Waals surface area contributed by atoms with Crippen molar-refractivity contribution < 1.29 is 22.8 Å². The molecule has 4 aromatic heterocycles. The van der Waals surface area contributed by atoms with Gasteiger partial charge in [0.1, 0.15) is 26.9 Å². The van der Waals surface area contributed by atoms with Gasteiger partial charge in [0.15, 0.2) is 0 Å². The number of amides is 2. The molecule has 0 saturated carbocycles. The lowest BCUT2D eigenvalue weighted by atomic mass is 10.1. The summed E-state index contributed by atoms with van der Waals surface area (Å²) in [7, 11) is 0. The molecule has 0 aliphatic carbocycles. The fraction of sp³-hybridized carbons (Fsp3) is 0.158. The van der Waals surface area contributed by atoms with Gasteiger partial charge in [0.2, 0.25) is 0 Å². The Kier molecular flexibility index (Phi) is 5.04. The fourth-order valence-electron chi connectivity index (χ4n) is 3.10. The van der Waals surface area contributed by atoms with Crippen LogP contribution in [0.1, 0.15) is 39.2 Å². The molecule has 154 valence electrons. The Morgan fingerprint density at radius 3 is 2.80 bits per heavy atom. The zero-order valence-corrected chi connectivity index (χ0v) is 16.4. The molecule has 0 spiro atoms. The summed E-state index contributed by atoms with van der Waals surface area (Å²) in [5.74, 6) is -1.06. The number of anilines is 1. The molecule has 0 aliphatic rings. The molecule has 11 heteroatoms. The predicted molar refractivity (Wildman–Crippen MR) is 107 cm³/mol. The highest BCUT2D eigenvalue weighted by molar-refractivity contribution is 7.21. The monoisotopic (exact) mass is 431 g/mol. The molecular formula is C19H15F2N5O3S. The van der Waals surface area contributed by atoms with Crippen molar-refractivity contribution in [3.63, 3.8) is 0 Å². The molecule has 3 N–H and O–H groups in total. The van der Waals surface area contributed by atoms with Gasteiger partial charge in [0, 0.05) is 23.7 Å². The van der Waals surface area contributed by atoms with Gasteiger partial charge < -0.3 is 15.5 Å². The number of thiophene rings is 1. The van der Waals surface area contributed by atoms with E-state index in [9.17, 15) is 18.4 Å². The lowest BCUT2D eigenvalue weighted by molar-refractivity contribution is 0.100. The van der Waals surface area contributed by atoms with Crippen LogP contribution in [0.25, 0.3) is 21.5 Å². The van der Waals surface area contributed by atoms with Crippen LogP contribution in [0.4, 0.5) is 14.5 Å². The second-order valence-electron chi connectivity index (χ2n) is 6.21. The van der Waals surface area contributed by atoms with Gasteiger partial charge in [0.25, 0.3) is 18.2 Å². The second-order valence-corrected chi connectivity index (χ2v) is 7.21. The van der Waals surface area contributed by atoms with Crippen molar-refractivity contribution in [1.29, 1.82) is 0 Å². The summed E-state index contributed by atoms with van der Waals surface area (Å²) in [6.07, 6.45) is 0.0339.